The number of piperidine rings is 1. The Labute approximate surface area is 210 Å². The van der Waals surface area contributed by atoms with Gasteiger partial charge in [-0.2, -0.15) is 0 Å². The monoisotopic (exact) mass is 476 g/mol. The van der Waals surface area contributed by atoms with Crippen molar-refractivity contribution < 1.29 is 4.79 Å². The molecule has 6 heteroatoms. The summed E-state index contributed by atoms with van der Waals surface area (Å²) in [6, 6.07) is 27.6. The van der Waals surface area contributed by atoms with Crippen molar-refractivity contribution in [3.05, 3.63) is 118 Å². The number of hydrogen-bond donors (Lipinski definition) is 1. The quantitative estimate of drug-likeness (QED) is 0.450. The van der Waals surface area contributed by atoms with Gasteiger partial charge in [0.15, 0.2) is 0 Å². The van der Waals surface area contributed by atoms with Gasteiger partial charge in [-0.3, -0.25) is 14.6 Å². The molecule has 1 fully saturated rings. The minimum atomic E-state index is 0.0233. The third-order valence-corrected chi connectivity index (χ3v) is 7.31. The largest absolute Gasteiger partial charge is 0.377 e. The van der Waals surface area contributed by atoms with Gasteiger partial charge in [0, 0.05) is 55.1 Å². The number of amides is 1. The van der Waals surface area contributed by atoms with Crippen molar-refractivity contribution in [3.8, 4) is 11.3 Å². The standard InChI is InChI=1S/C30H28N4O2/c35-29(24-6-2-1-3-7-24)33-18-22-16-25(20-33)28-14-13-27(30(36)34(28)19-22)32-17-21-9-11-23(12-10-21)26-8-4-5-15-31-26/h1-15,22,25,32H,16-20H2/t22-,25-/m1/s1. The van der Waals surface area contributed by atoms with Crippen molar-refractivity contribution in [2.75, 3.05) is 18.4 Å². The summed E-state index contributed by atoms with van der Waals surface area (Å²) >= 11 is 0. The predicted octanol–water partition coefficient (Wildman–Crippen LogP) is 4.78. The van der Waals surface area contributed by atoms with Gasteiger partial charge >= 0.3 is 0 Å². The lowest BCUT2D eigenvalue weighted by molar-refractivity contribution is 0.0594. The first-order valence-electron chi connectivity index (χ1n) is 12.5. The molecule has 2 aliphatic rings. The molecule has 1 N–H and O–H groups in total. The summed E-state index contributed by atoms with van der Waals surface area (Å²) in [6.45, 7) is 2.57. The molecular weight excluding hydrogens is 448 g/mol. The summed E-state index contributed by atoms with van der Waals surface area (Å²) in [7, 11) is 0. The van der Waals surface area contributed by atoms with Gasteiger partial charge in [-0.15, -0.1) is 0 Å². The van der Waals surface area contributed by atoms with Crippen molar-refractivity contribution in [3.63, 3.8) is 0 Å². The SMILES string of the molecule is O=C(c1ccccc1)N1C[C@H]2C[C@H](C1)c1ccc(NCc3ccc(-c4ccccn4)cc3)c(=O)n1C2. The molecule has 1 saturated heterocycles. The number of rotatable bonds is 5. The molecule has 0 saturated carbocycles. The van der Waals surface area contributed by atoms with Crippen LogP contribution < -0.4 is 10.9 Å². The van der Waals surface area contributed by atoms with E-state index in [1.165, 1.54) is 0 Å². The maximum absolute atomic E-state index is 13.4. The fourth-order valence-electron chi connectivity index (χ4n) is 5.53. The molecule has 2 atom stereocenters. The number of aromatic nitrogens is 2. The van der Waals surface area contributed by atoms with Crippen LogP contribution in [0.5, 0.6) is 0 Å². The summed E-state index contributed by atoms with van der Waals surface area (Å²) in [5, 5.41) is 3.34. The van der Waals surface area contributed by atoms with E-state index in [1.807, 2.05) is 64.1 Å². The average molecular weight is 477 g/mol. The van der Waals surface area contributed by atoms with Crippen LogP contribution in [0.4, 0.5) is 5.69 Å². The summed E-state index contributed by atoms with van der Waals surface area (Å²) in [5.41, 5.74) is 5.51. The Kier molecular flexibility index (Phi) is 5.85. The molecule has 6 rings (SSSR count). The zero-order valence-corrected chi connectivity index (χ0v) is 20.0. The van der Waals surface area contributed by atoms with Crippen molar-refractivity contribution >= 4 is 11.6 Å². The highest BCUT2D eigenvalue weighted by atomic mass is 16.2. The van der Waals surface area contributed by atoms with Gasteiger partial charge in [0.05, 0.1) is 5.69 Å². The summed E-state index contributed by atoms with van der Waals surface area (Å²) < 4.78 is 1.93. The van der Waals surface area contributed by atoms with Crippen LogP contribution in [0.25, 0.3) is 11.3 Å². The Morgan fingerprint density at radius 2 is 1.69 bits per heavy atom. The second-order valence-electron chi connectivity index (χ2n) is 9.73. The van der Waals surface area contributed by atoms with Crippen LogP contribution >= 0.6 is 0 Å². The third-order valence-electron chi connectivity index (χ3n) is 7.31. The second kappa shape index (κ2) is 9.46. The van der Waals surface area contributed by atoms with Gasteiger partial charge in [-0.05, 0) is 54.3 Å². The van der Waals surface area contributed by atoms with E-state index in [0.29, 0.717) is 31.9 Å². The van der Waals surface area contributed by atoms with E-state index in [1.54, 1.807) is 6.20 Å². The second-order valence-corrected chi connectivity index (χ2v) is 9.73. The van der Waals surface area contributed by atoms with Gasteiger partial charge in [0.2, 0.25) is 0 Å². The topological polar surface area (TPSA) is 67.2 Å². The number of anilines is 1. The zero-order chi connectivity index (χ0) is 24.5. The van der Waals surface area contributed by atoms with E-state index in [9.17, 15) is 9.59 Å². The van der Waals surface area contributed by atoms with Gasteiger partial charge in [0.1, 0.15) is 5.69 Å². The highest BCUT2D eigenvalue weighted by molar-refractivity contribution is 5.94. The lowest BCUT2D eigenvalue weighted by atomic mass is 9.83. The van der Waals surface area contributed by atoms with Crippen LogP contribution in [0.15, 0.2) is 95.9 Å². The molecule has 2 aromatic carbocycles. The fraction of sp³-hybridized carbons (Fsp3) is 0.233. The van der Waals surface area contributed by atoms with Crippen LogP contribution in [-0.2, 0) is 13.1 Å². The smallest absolute Gasteiger partial charge is 0.274 e. The lowest BCUT2D eigenvalue weighted by Crippen LogP contribution is -2.49. The summed E-state index contributed by atoms with van der Waals surface area (Å²) in [5.74, 6) is 0.551. The number of carbonyl (C=O) groups is 1. The molecule has 2 aliphatic heterocycles. The van der Waals surface area contributed by atoms with Crippen molar-refractivity contribution in [1.29, 1.82) is 0 Å². The van der Waals surface area contributed by atoms with E-state index in [-0.39, 0.29) is 23.3 Å². The van der Waals surface area contributed by atoms with Gasteiger partial charge in [-0.1, -0.05) is 48.5 Å². The Bertz CT molecular complexity index is 1430. The molecule has 0 radical (unpaired) electrons. The highest BCUT2D eigenvalue weighted by Gasteiger charge is 2.36. The molecule has 2 bridgehead atoms. The number of benzene rings is 2. The lowest BCUT2D eigenvalue weighted by Gasteiger charge is -2.43. The Hall–Kier alpha value is -4.19. The van der Waals surface area contributed by atoms with Crippen molar-refractivity contribution in [2.45, 2.75) is 25.4 Å². The third kappa shape index (κ3) is 4.31. The number of hydrogen-bond acceptors (Lipinski definition) is 4. The summed E-state index contributed by atoms with van der Waals surface area (Å²) in [6.07, 6.45) is 2.81. The molecule has 2 aromatic heterocycles. The molecule has 1 amide bonds. The molecule has 180 valence electrons. The van der Waals surface area contributed by atoms with Crippen LogP contribution in [0.3, 0.4) is 0 Å². The highest BCUT2D eigenvalue weighted by Crippen LogP contribution is 2.36. The first-order chi connectivity index (χ1) is 17.7. The number of fused-ring (bicyclic) bond motifs is 4. The maximum atomic E-state index is 13.4. The Balaban J connectivity index is 1.16. The zero-order valence-electron chi connectivity index (χ0n) is 20.0. The molecule has 4 aromatic rings. The minimum Gasteiger partial charge on any atom is -0.377 e. The molecular formula is C30H28N4O2. The van der Waals surface area contributed by atoms with Crippen LogP contribution in [0, 0.1) is 5.92 Å². The van der Waals surface area contributed by atoms with Gasteiger partial charge in [-0.25, -0.2) is 0 Å². The molecule has 36 heavy (non-hydrogen) atoms. The van der Waals surface area contributed by atoms with Gasteiger partial charge in [0.25, 0.3) is 11.5 Å². The number of carbonyl (C=O) groups excluding carboxylic acids is 1. The fourth-order valence-corrected chi connectivity index (χ4v) is 5.53. The summed E-state index contributed by atoms with van der Waals surface area (Å²) in [4.78, 5) is 32.7. The van der Waals surface area contributed by atoms with Crippen LogP contribution in [0.1, 0.15) is 34.0 Å². The van der Waals surface area contributed by atoms with Crippen molar-refractivity contribution in [2.24, 2.45) is 5.92 Å². The molecule has 0 aliphatic carbocycles. The first kappa shape index (κ1) is 22.3. The minimum absolute atomic E-state index is 0.0233. The molecule has 0 spiro atoms. The van der Waals surface area contributed by atoms with E-state index in [2.05, 4.69) is 40.6 Å². The van der Waals surface area contributed by atoms with Crippen LogP contribution in [0.2, 0.25) is 0 Å². The molecule has 4 heterocycles. The van der Waals surface area contributed by atoms with Crippen molar-refractivity contribution in [1.82, 2.24) is 14.5 Å². The van der Waals surface area contributed by atoms with Crippen LogP contribution in [-0.4, -0.2) is 33.4 Å². The molecule has 6 nitrogen and oxygen atoms in total. The Morgan fingerprint density at radius 3 is 2.47 bits per heavy atom. The number of likely N-dealkylation sites (tertiary alicyclic amines) is 1. The molecule has 0 unspecified atom stereocenters. The van der Waals surface area contributed by atoms with E-state index in [0.717, 1.165) is 34.5 Å². The maximum Gasteiger partial charge on any atom is 0.274 e. The number of nitrogens with one attached hydrogen (secondary N) is 1. The van der Waals surface area contributed by atoms with E-state index >= 15 is 0 Å². The average Bonchev–Trinajstić information content (AvgIpc) is 2.94. The Morgan fingerprint density at radius 1 is 0.889 bits per heavy atom. The number of pyridine rings is 2. The predicted molar refractivity (Wildman–Crippen MR) is 141 cm³/mol. The van der Waals surface area contributed by atoms with E-state index in [4.69, 9.17) is 0 Å². The normalized spacial score (nSPS) is 18.4. The van der Waals surface area contributed by atoms with E-state index < -0.39 is 0 Å². The van der Waals surface area contributed by atoms with Gasteiger partial charge < -0.3 is 14.8 Å². The first-order valence-corrected chi connectivity index (χ1v) is 12.5. The number of nitrogens with zero attached hydrogens (tertiary/aromatic N) is 3.